The first-order valence-corrected chi connectivity index (χ1v) is 11.0. The Bertz CT molecular complexity index is 920. The summed E-state index contributed by atoms with van der Waals surface area (Å²) in [5.41, 5.74) is 9.30. The van der Waals surface area contributed by atoms with E-state index in [-0.39, 0.29) is 24.0 Å². The molecule has 2 aromatic carbocycles. The normalized spacial score (nSPS) is 16.3. The third-order valence-corrected chi connectivity index (χ3v) is 6.88. The molecule has 0 amide bonds. The maximum absolute atomic E-state index is 12.7. The van der Waals surface area contributed by atoms with Crippen LogP contribution >= 0.6 is 24.0 Å². The summed E-state index contributed by atoms with van der Waals surface area (Å²) in [6.07, 6.45) is 1.57. The van der Waals surface area contributed by atoms with E-state index in [1.54, 1.807) is 28.6 Å². The molecule has 0 aromatic heterocycles. The predicted octanol–water partition coefficient (Wildman–Crippen LogP) is 3.75. The number of nitrogens with one attached hydrogen (secondary N) is 1. The molecule has 158 valence electrons. The molecule has 0 radical (unpaired) electrons. The molecule has 1 saturated heterocycles. The first-order chi connectivity index (χ1) is 13.3. The van der Waals surface area contributed by atoms with Crippen LogP contribution in [0.2, 0.25) is 0 Å². The molecule has 0 aliphatic carbocycles. The Morgan fingerprint density at radius 3 is 2.28 bits per heavy atom. The molecule has 8 heteroatoms. The van der Waals surface area contributed by atoms with Crippen LogP contribution in [-0.4, -0.2) is 38.3 Å². The number of halogens is 1. The van der Waals surface area contributed by atoms with Crippen LogP contribution in [0.15, 0.2) is 58.4 Å². The molecular formula is C21H29IN4O2S. The lowest BCUT2D eigenvalue weighted by Crippen LogP contribution is -2.39. The van der Waals surface area contributed by atoms with Crippen LogP contribution < -0.4 is 11.1 Å². The van der Waals surface area contributed by atoms with E-state index in [1.165, 1.54) is 11.1 Å². The summed E-state index contributed by atoms with van der Waals surface area (Å²) in [4.78, 5) is 4.82. The number of aryl methyl sites for hydroxylation is 2. The molecule has 0 atom stereocenters. The second kappa shape index (κ2) is 10.4. The van der Waals surface area contributed by atoms with Gasteiger partial charge in [-0.1, -0.05) is 24.3 Å². The van der Waals surface area contributed by atoms with Gasteiger partial charge in [0.1, 0.15) is 0 Å². The molecule has 0 bridgehead atoms. The Morgan fingerprint density at radius 2 is 1.69 bits per heavy atom. The lowest BCUT2D eigenvalue weighted by atomic mass is 9.98. The van der Waals surface area contributed by atoms with Crippen molar-refractivity contribution in [2.45, 2.75) is 31.6 Å². The van der Waals surface area contributed by atoms with Crippen LogP contribution in [0.25, 0.3) is 0 Å². The van der Waals surface area contributed by atoms with Gasteiger partial charge in [0.2, 0.25) is 10.0 Å². The summed E-state index contributed by atoms with van der Waals surface area (Å²) in [6, 6.07) is 14.8. The standard InChI is InChI=1S/C21H28N4O2S.HI/c1-16-12-17(2)14-19(13-16)24-21(22)23-15-18-8-10-25(11-9-18)28(26,27)20-6-4-3-5-7-20;/h3-7,12-14,18H,8-11,15H2,1-2H3,(H3,22,23,24);1H. The van der Waals surface area contributed by atoms with Crippen LogP contribution in [0.5, 0.6) is 0 Å². The molecule has 0 unspecified atom stereocenters. The lowest BCUT2D eigenvalue weighted by molar-refractivity contribution is 0.279. The van der Waals surface area contributed by atoms with Gasteiger partial charge in [-0.05, 0) is 68.0 Å². The number of hydrogen-bond acceptors (Lipinski definition) is 3. The number of benzene rings is 2. The Morgan fingerprint density at radius 1 is 1.10 bits per heavy atom. The monoisotopic (exact) mass is 528 g/mol. The molecular weight excluding hydrogens is 499 g/mol. The summed E-state index contributed by atoms with van der Waals surface area (Å²) < 4.78 is 26.9. The number of sulfonamides is 1. The zero-order valence-corrected chi connectivity index (χ0v) is 20.0. The molecule has 1 aliphatic rings. The zero-order chi connectivity index (χ0) is 20.1. The number of piperidine rings is 1. The molecule has 3 rings (SSSR count). The summed E-state index contributed by atoms with van der Waals surface area (Å²) in [5.74, 6) is 0.728. The number of rotatable bonds is 5. The van der Waals surface area contributed by atoms with Crippen molar-refractivity contribution in [2.24, 2.45) is 16.6 Å². The number of hydrogen-bond donors (Lipinski definition) is 2. The zero-order valence-electron chi connectivity index (χ0n) is 16.8. The number of nitrogens with two attached hydrogens (primary N) is 1. The highest BCUT2D eigenvalue weighted by Gasteiger charge is 2.29. The van der Waals surface area contributed by atoms with Crippen LogP contribution in [0.3, 0.4) is 0 Å². The maximum atomic E-state index is 12.7. The average molecular weight is 528 g/mol. The second-order valence-corrected chi connectivity index (χ2v) is 9.33. The van der Waals surface area contributed by atoms with E-state index in [9.17, 15) is 8.42 Å². The van der Waals surface area contributed by atoms with Crippen molar-refractivity contribution in [3.8, 4) is 0 Å². The molecule has 2 aromatic rings. The molecule has 0 saturated carbocycles. The van der Waals surface area contributed by atoms with Gasteiger partial charge < -0.3 is 11.1 Å². The number of aliphatic imine (C=N–C) groups is 1. The summed E-state index contributed by atoms with van der Waals surface area (Å²) >= 11 is 0. The van der Waals surface area contributed by atoms with E-state index in [2.05, 4.69) is 16.4 Å². The highest BCUT2D eigenvalue weighted by atomic mass is 127. The van der Waals surface area contributed by atoms with E-state index >= 15 is 0 Å². The van der Waals surface area contributed by atoms with Gasteiger partial charge in [0, 0.05) is 25.3 Å². The fourth-order valence-corrected chi connectivity index (χ4v) is 5.03. The molecule has 0 spiro atoms. The largest absolute Gasteiger partial charge is 0.370 e. The first kappa shape index (κ1) is 23.6. The topological polar surface area (TPSA) is 87.8 Å². The van der Waals surface area contributed by atoms with Gasteiger partial charge in [0.25, 0.3) is 0 Å². The Balaban J connectivity index is 0.00000300. The van der Waals surface area contributed by atoms with Crippen molar-refractivity contribution in [1.82, 2.24) is 4.31 Å². The summed E-state index contributed by atoms with van der Waals surface area (Å²) in [6.45, 7) is 5.72. The first-order valence-electron chi connectivity index (χ1n) is 9.55. The van der Waals surface area contributed by atoms with E-state index in [0.29, 0.717) is 36.4 Å². The van der Waals surface area contributed by atoms with Crippen molar-refractivity contribution < 1.29 is 8.42 Å². The van der Waals surface area contributed by atoms with Gasteiger partial charge in [0.15, 0.2) is 5.96 Å². The Hall–Kier alpha value is -1.65. The van der Waals surface area contributed by atoms with Gasteiger partial charge in [-0.15, -0.1) is 24.0 Å². The quantitative estimate of drug-likeness (QED) is 0.352. The van der Waals surface area contributed by atoms with E-state index in [4.69, 9.17) is 5.73 Å². The predicted molar refractivity (Wildman–Crippen MR) is 129 cm³/mol. The fourth-order valence-electron chi connectivity index (χ4n) is 3.54. The highest BCUT2D eigenvalue weighted by molar-refractivity contribution is 14.0. The molecule has 3 N–H and O–H groups in total. The number of anilines is 1. The van der Waals surface area contributed by atoms with Crippen LogP contribution in [-0.2, 0) is 10.0 Å². The summed E-state index contributed by atoms with van der Waals surface area (Å²) in [5, 5.41) is 3.14. The maximum Gasteiger partial charge on any atom is 0.243 e. The number of guanidine groups is 1. The van der Waals surface area contributed by atoms with E-state index < -0.39 is 10.0 Å². The highest BCUT2D eigenvalue weighted by Crippen LogP contribution is 2.24. The van der Waals surface area contributed by atoms with Crippen LogP contribution in [0.4, 0.5) is 5.69 Å². The van der Waals surface area contributed by atoms with Gasteiger partial charge in [-0.25, -0.2) is 8.42 Å². The molecule has 1 heterocycles. The Kier molecular flexibility index (Phi) is 8.47. The van der Waals surface area contributed by atoms with Crippen molar-refractivity contribution >= 4 is 45.6 Å². The smallest absolute Gasteiger partial charge is 0.243 e. The van der Waals surface area contributed by atoms with Gasteiger partial charge in [0.05, 0.1) is 4.90 Å². The molecule has 1 fully saturated rings. The SMILES string of the molecule is Cc1cc(C)cc(NC(N)=NCC2CCN(S(=O)(=O)c3ccccc3)CC2)c1.I. The van der Waals surface area contributed by atoms with Crippen molar-refractivity contribution in [3.63, 3.8) is 0 Å². The number of nitrogens with zero attached hydrogens (tertiary/aromatic N) is 2. The minimum absolute atomic E-state index is 0. The van der Waals surface area contributed by atoms with Crippen molar-refractivity contribution in [3.05, 3.63) is 59.7 Å². The van der Waals surface area contributed by atoms with Crippen LogP contribution in [0, 0.1) is 19.8 Å². The van der Waals surface area contributed by atoms with Gasteiger partial charge >= 0.3 is 0 Å². The Labute approximate surface area is 190 Å². The average Bonchev–Trinajstić information content (AvgIpc) is 2.66. The van der Waals surface area contributed by atoms with Gasteiger partial charge in [-0.3, -0.25) is 4.99 Å². The molecule has 1 aliphatic heterocycles. The third kappa shape index (κ3) is 6.42. The fraction of sp³-hybridized carbons (Fsp3) is 0.381. The van der Waals surface area contributed by atoms with Gasteiger partial charge in [-0.2, -0.15) is 4.31 Å². The second-order valence-electron chi connectivity index (χ2n) is 7.39. The lowest BCUT2D eigenvalue weighted by Gasteiger charge is -2.30. The summed E-state index contributed by atoms with van der Waals surface area (Å²) in [7, 11) is -3.41. The van der Waals surface area contributed by atoms with Crippen LogP contribution in [0.1, 0.15) is 24.0 Å². The van der Waals surface area contributed by atoms with E-state index in [0.717, 1.165) is 18.5 Å². The molecule has 29 heavy (non-hydrogen) atoms. The molecule has 6 nitrogen and oxygen atoms in total. The van der Waals surface area contributed by atoms with E-state index in [1.807, 2.05) is 32.0 Å². The minimum Gasteiger partial charge on any atom is -0.370 e. The third-order valence-electron chi connectivity index (χ3n) is 4.97. The van der Waals surface area contributed by atoms with Crippen molar-refractivity contribution in [2.75, 3.05) is 25.0 Å². The van der Waals surface area contributed by atoms with Crippen molar-refractivity contribution in [1.29, 1.82) is 0 Å². The minimum atomic E-state index is -3.41.